The zero-order chi connectivity index (χ0) is 25.8. The minimum atomic E-state index is -1.04. The first-order valence-corrected chi connectivity index (χ1v) is 12.1. The molecule has 0 saturated carbocycles. The number of hydrogen-bond donors (Lipinski definition) is 2. The zero-order valence-corrected chi connectivity index (χ0v) is 21.2. The van der Waals surface area contributed by atoms with Gasteiger partial charge in [-0.1, -0.05) is 76.2 Å². The van der Waals surface area contributed by atoms with Gasteiger partial charge in [0.15, 0.2) is 0 Å². The summed E-state index contributed by atoms with van der Waals surface area (Å²) in [6, 6.07) is 14.9. The average molecular weight is 481 g/mol. The Morgan fingerprint density at radius 3 is 2.06 bits per heavy atom. The van der Waals surface area contributed by atoms with Crippen molar-refractivity contribution in [2.45, 2.75) is 65.0 Å². The molecule has 3 rings (SSSR count). The smallest absolute Gasteiger partial charge is 0.407 e. The summed E-state index contributed by atoms with van der Waals surface area (Å²) < 4.78 is 5.66. The molecule has 0 radical (unpaired) electrons. The molecule has 1 aliphatic carbocycles. The summed E-state index contributed by atoms with van der Waals surface area (Å²) in [5.41, 5.74) is 4.41. The van der Waals surface area contributed by atoms with Crippen LogP contribution >= 0.6 is 0 Å². The van der Waals surface area contributed by atoms with E-state index in [4.69, 9.17) is 4.74 Å². The zero-order valence-electron chi connectivity index (χ0n) is 21.2. The number of rotatable bonds is 9. The summed E-state index contributed by atoms with van der Waals surface area (Å²) in [5, 5.41) is 12.2. The Balaban J connectivity index is 1.67. The van der Waals surface area contributed by atoms with E-state index in [0.717, 1.165) is 22.3 Å². The number of fused-ring (bicyclic) bond motifs is 3. The van der Waals surface area contributed by atoms with Crippen molar-refractivity contribution < 1.29 is 24.2 Å². The van der Waals surface area contributed by atoms with Crippen LogP contribution in [0.5, 0.6) is 0 Å². The van der Waals surface area contributed by atoms with Crippen LogP contribution in [0.2, 0.25) is 0 Å². The van der Waals surface area contributed by atoms with E-state index in [1.807, 2.05) is 45.0 Å². The topological polar surface area (TPSA) is 95.9 Å². The van der Waals surface area contributed by atoms with E-state index in [2.05, 4.69) is 29.6 Å². The maximum atomic E-state index is 12.8. The molecule has 2 atom stereocenters. The van der Waals surface area contributed by atoms with Crippen LogP contribution in [0.1, 0.15) is 64.0 Å². The van der Waals surface area contributed by atoms with E-state index in [1.165, 1.54) is 11.9 Å². The third-order valence-electron chi connectivity index (χ3n) is 6.48. The minimum absolute atomic E-state index is 0.00173. The number of carboxylic acid groups (broad SMARTS) is 1. The average Bonchev–Trinajstić information content (AvgIpc) is 3.10. The van der Waals surface area contributed by atoms with Crippen molar-refractivity contribution in [2.75, 3.05) is 13.7 Å². The molecule has 2 amide bonds. The van der Waals surface area contributed by atoms with Gasteiger partial charge in [0.1, 0.15) is 12.6 Å². The van der Waals surface area contributed by atoms with Gasteiger partial charge in [0.2, 0.25) is 5.91 Å². The fourth-order valence-corrected chi connectivity index (χ4v) is 4.86. The monoisotopic (exact) mass is 480 g/mol. The predicted octanol–water partition coefficient (Wildman–Crippen LogP) is 5.04. The van der Waals surface area contributed by atoms with E-state index in [9.17, 15) is 19.5 Å². The normalized spacial score (nSPS) is 14.4. The molecule has 2 unspecified atom stereocenters. The van der Waals surface area contributed by atoms with Crippen LogP contribution in [0.15, 0.2) is 48.5 Å². The molecule has 7 heteroatoms. The molecule has 0 heterocycles. The number of likely N-dealkylation sites (N-methyl/N-ethyl adjacent to an activating group) is 1. The first kappa shape index (κ1) is 26.3. The number of carbonyl (C=O) groups is 3. The SMILES string of the molecule is CCC(C(=O)O)N(C)C(=O)CC(CC(C)(C)C)NC(=O)OCC1c2ccccc2-c2ccccc21. The van der Waals surface area contributed by atoms with Crippen molar-refractivity contribution in [3.05, 3.63) is 59.7 Å². The lowest BCUT2D eigenvalue weighted by Gasteiger charge is -2.29. The molecule has 2 aromatic rings. The molecular weight excluding hydrogens is 444 g/mol. The maximum absolute atomic E-state index is 12.8. The first-order chi connectivity index (χ1) is 16.5. The summed E-state index contributed by atoms with van der Waals surface area (Å²) in [5.74, 6) is -1.42. The lowest BCUT2D eigenvalue weighted by molar-refractivity contribution is -0.149. The number of benzene rings is 2. The van der Waals surface area contributed by atoms with Gasteiger partial charge in [-0.15, -0.1) is 0 Å². The maximum Gasteiger partial charge on any atom is 0.407 e. The second-order valence-electron chi connectivity index (χ2n) is 10.4. The van der Waals surface area contributed by atoms with Gasteiger partial charge in [0.25, 0.3) is 0 Å². The number of alkyl carbamates (subject to hydrolysis) is 1. The van der Waals surface area contributed by atoms with Crippen molar-refractivity contribution >= 4 is 18.0 Å². The molecule has 0 fully saturated rings. The molecule has 0 spiro atoms. The molecule has 0 saturated heterocycles. The van der Waals surface area contributed by atoms with Crippen LogP contribution < -0.4 is 5.32 Å². The Morgan fingerprint density at radius 1 is 1.03 bits per heavy atom. The number of carboxylic acids is 1. The largest absolute Gasteiger partial charge is 0.480 e. The lowest BCUT2D eigenvalue weighted by Crippen LogP contribution is -2.46. The van der Waals surface area contributed by atoms with Crippen LogP contribution in [0.4, 0.5) is 4.79 Å². The Labute approximate surface area is 207 Å². The van der Waals surface area contributed by atoms with E-state index >= 15 is 0 Å². The second kappa shape index (κ2) is 10.9. The van der Waals surface area contributed by atoms with Gasteiger partial charge in [-0.3, -0.25) is 4.79 Å². The lowest BCUT2D eigenvalue weighted by atomic mass is 9.87. The fourth-order valence-electron chi connectivity index (χ4n) is 4.86. The number of hydrogen-bond acceptors (Lipinski definition) is 4. The van der Waals surface area contributed by atoms with E-state index in [0.29, 0.717) is 12.8 Å². The van der Waals surface area contributed by atoms with Gasteiger partial charge in [-0.2, -0.15) is 0 Å². The molecule has 1 aliphatic rings. The van der Waals surface area contributed by atoms with Gasteiger partial charge in [-0.05, 0) is 40.5 Å². The Morgan fingerprint density at radius 2 is 1.57 bits per heavy atom. The molecule has 7 nitrogen and oxygen atoms in total. The van der Waals surface area contributed by atoms with Gasteiger partial charge >= 0.3 is 12.1 Å². The van der Waals surface area contributed by atoms with Crippen molar-refractivity contribution in [1.29, 1.82) is 0 Å². The van der Waals surface area contributed by atoms with E-state index < -0.39 is 24.1 Å². The van der Waals surface area contributed by atoms with Crippen LogP contribution in [-0.4, -0.2) is 53.7 Å². The summed E-state index contributed by atoms with van der Waals surface area (Å²) in [7, 11) is 1.49. The highest BCUT2D eigenvalue weighted by atomic mass is 16.5. The van der Waals surface area contributed by atoms with Crippen LogP contribution in [0.3, 0.4) is 0 Å². The van der Waals surface area contributed by atoms with Gasteiger partial charge < -0.3 is 20.1 Å². The Bertz CT molecular complexity index is 1030. The highest BCUT2D eigenvalue weighted by Gasteiger charge is 2.31. The summed E-state index contributed by atoms with van der Waals surface area (Å²) in [6.07, 6.45) is 0.269. The number of nitrogens with zero attached hydrogens (tertiary/aromatic N) is 1. The summed E-state index contributed by atoms with van der Waals surface area (Å²) in [6.45, 7) is 8.00. The van der Waals surface area contributed by atoms with E-state index in [1.54, 1.807) is 6.92 Å². The standard InChI is InChI=1S/C28H36N2O5/c1-6-24(26(32)33)30(5)25(31)15-18(16-28(2,3)4)29-27(34)35-17-23-21-13-9-7-11-19(21)20-12-8-10-14-22(20)23/h7-14,18,23-24H,6,15-17H2,1-5H3,(H,29,34)(H,32,33). The molecular formula is C28H36N2O5. The summed E-state index contributed by atoms with van der Waals surface area (Å²) >= 11 is 0. The predicted molar refractivity (Wildman–Crippen MR) is 135 cm³/mol. The molecule has 35 heavy (non-hydrogen) atoms. The molecule has 2 aromatic carbocycles. The highest BCUT2D eigenvalue weighted by molar-refractivity contribution is 5.84. The Hall–Kier alpha value is -3.35. The molecule has 0 bridgehead atoms. The van der Waals surface area contributed by atoms with Crippen molar-refractivity contribution in [3.8, 4) is 11.1 Å². The molecule has 2 N–H and O–H groups in total. The van der Waals surface area contributed by atoms with E-state index in [-0.39, 0.29) is 30.3 Å². The van der Waals surface area contributed by atoms with Crippen LogP contribution in [0.25, 0.3) is 11.1 Å². The van der Waals surface area contributed by atoms with Crippen LogP contribution in [0, 0.1) is 5.41 Å². The number of amides is 2. The third-order valence-corrected chi connectivity index (χ3v) is 6.48. The number of ether oxygens (including phenoxy) is 1. The Kier molecular flexibility index (Phi) is 8.20. The summed E-state index contributed by atoms with van der Waals surface area (Å²) in [4.78, 5) is 38.4. The minimum Gasteiger partial charge on any atom is -0.480 e. The number of aliphatic carboxylic acids is 1. The number of carbonyl (C=O) groups excluding carboxylic acids is 2. The molecule has 0 aliphatic heterocycles. The molecule has 0 aromatic heterocycles. The van der Waals surface area contributed by atoms with Gasteiger partial charge in [-0.25, -0.2) is 9.59 Å². The quantitative estimate of drug-likeness (QED) is 0.524. The van der Waals surface area contributed by atoms with Gasteiger partial charge in [0.05, 0.1) is 0 Å². The van der Waals surface area contributed by atoms with Crippen molar-refractivity contribution in [1.82, 2.24) is 10.2 Å². The first-order valence-electron chi connectivity index (χ1n) is 12.1. The molecule has 188 valence electrons. The third kappa shape index (κ3) is 6.41. The fraction of sp³-hybridized carbons (Fsp3) is 0.464. The van der Waals surface area contributed by atoms with Crippen molar-refractivity contribution in [2.24, 2.45) is 5.41 Å². The second-order valence-corrected chi connectivity index (χ2v) is 10.4. The van der Waals surface area contributed by atoms with Crippen LogP contribution in [-0.2, 0) is 14.3 Å². The van der Waals surface area contributed by atoms with Crippen molar-refractivity contribution in [3.63, 3.8) is 0 Å². The number of nitrogens with one attached hydrogen (secondary N) is 1. The van der Waals surface area contributed by atoms with Gasteiger partial charge in [0, 0.05) is 25.4 Å². The highest BCUT2D eigenvalue weighted by Crippen LogP contribution is 2.44.